The minimum atomic E-state index is -4.89. The van der Waals surface area contributed by atoms with Gasteiger partial charge in [0.25, 0.3) is 0 Å². The van der Waals surface area contributed by atoms with Gasteiger partial charge in [0.2, 0.25) is 5.36 Å². The molecule has 2 heterocycles. The van der Waals surface area contributed by atoms with Gasteiger partial charge in [-0.2, -0.15) is 0 Å². The first-order valence-electron chi connectivity index (χ1n) is 23.3. The van der Waals surface area contributed by atoms with Crippen molar-refractivity contribution >= 4 is 48.1 Å². The van der Waals surface area contributed by atoms with E-state index in [1.54, 1.807) is 37.2 Å². The molecule has 1 aromatic rings. The van der Waals surface area contributed by atoms with Gasteiger partial charge in [-0.3, -0.25) is 4.79 Å². The van der Waals surface area contributed by atoms with Gasteiger partial charge in [0.1, 0.15) is 34.8 Å². The maximum Gasteiger partial charge on any atom is 0.303 e. The third-order valence-corrected chi connectivity index (χ3v) is 14.0. The molecule has 1 aliphatic carbocycles. The highest BCUT2D eigenvalue weighted by Crippen LogP contribution is 2.51. The predicted molar refractivity (Wildman–Crippen MR) is 261 cm³/mol. The summed E-state index contributed by atoms with van der Waals surface area (Å²) in [4.78, 5) is 12.9. The minimum absolute atomic E-state index is 0.0277. The second-order valence-corrected chi connectivity index (χ2v) is 22.5. The number of aliphatic carboxylic acids is 1. The first-order chi connectivity index (χ1) is 33.4. The minimum Gasteiger partial charge on any atom is -0.748 e. The third-order valence-electron chi connectivity index (χ3n) is 11.5. The van der Waals surface area contributed by atoms with Crippen LogP contribution in [0.4, 0.5) is 5.69 Å². The molecule has 0 amide bonds. The van der Waals surface area contributed by atoms with Gasteiger partial charge in [-0.05, 0) is 85.2 Å². The Morgan fingerprint density at radius 2 is 1.34 bits per heavy atom. The Morgan fingerprint density at radius 1 is 0.761 bits per heavy atom. The number of allylic oxidation sites excluding steroid dienone is 3. The first kappa shape index (κ1) is 59.5. The second kappa shape index (κ2) is 27.8. The van der Waals surface area contributed by atoms with Crippen LogP contribution in [0.2, 0.25) is 0 Å². The molecule has 0 spiro atoms. The van der Waals surface area contributed by atoms with Crippen molar-refractivity contribution in [3.63, 3.8) is 0 Å². The fourth-order valence-electron chi connectivity index (χ4n) is 8.11. The van der Waals surface area contributed by atoms with Crippen LogP contribution in [0, 0.1) is 0 Å². The van der Waals surface area contributed by atoms with Gasteiger partial charge < -0.3 is 56.5 Å². The average molecular weight is 1060 g/mol. The number of hydrogen-bond acceptors (Lipinski definition) is 18. The Kier molecular flexibility index (Phi) is 23.3. The zero-order valence-corrected chi connectivity index (χ0v) is 43.6. The van der Waals surface area contributed by atoms with Crippen LogP contribution < -0.4 is 14.8 Å². The molecule has 23 heteroatoms. The lowest BCUT2D eigenvalue weighted by atomic mass is 9.77. The molecule has 1 unspecified atom stereocenters. The van der Waals surface area contributed by atoms with Crippen molar-refractivity contribution in [1.82, 2.24) is 4.58 Å². The summed E-state index contributed by atoms with van der Waals surface area (Å²) in [6.45, 7) is 13.0. The summed E-state index contributed by atoms with van der Waals surface area (Å²) in [5.74, 6) is -1.34. The first-order valence-corrected chi connectivity index (χ1v) is 27.9. The van der Waals surface area contributed by atoms with E-state index >= 15 is 0 Å². The molecule has 398 valence electrons. The van der Waals surface area contributed by atoms with E-state index < -0.39 is 58.1 Å². The van der Waals surface area contributed by atoms with Crippen molar-refractivity contribution < 1.29 is 81.7 Å². The monoisotopic (exact) mass is 1060 g/mol. The Balaban J connectivity index is 1.60. The second-order valence-electron chi connectivity index (χ2n) is 18.0. The highest BCUT2D eigenvalue weighted by molar-refractivity contribution is 7.86. The van der Waals surface area contributed by atoms with Gasteiger partial charge in [-0.1, -0.05) is 26.8 Å². The number of rotatable bonds is 33. The number of ether oxygens (including phenoxy) is 6. The molecular weight excluding hydrogens is 989 g/mol. The van der Waals surface area contributed by atoms with Crippen LogP contribution in [-0.4, -0.2) is 161 Å². The fraction of sp³-hybridized carbons (Fsp3) is 0.583. The van der Waals surface area contributed by atoms with Crippen LogP contribution in [0.1, 0.15) is 76.7 Å². The SMILES string of the molecule is COCCOCCOCCOCCOCCOCC[N+](CCCS(=O)(=O)[O-])=c1ccc2c(C(C)(C)C)cc(/C=C/C=C3/N(CCCS(=O)(=O)[O-])c4ccc(S(=O)(=O)[O-])cc4C3(C)CCCC(=O)O)oc-2c1. The van der Waals surface area contributed by atoms with Crippen LogP contribution in [0.3, 0.4) is 0 Å². The summed E-state index contributed by atoms with van der Waals surface area (Å²) in [6, 6.07) is 11.4. The van der Waals surface area contributed by atoms with E-state index in [4.69, 9.17) is 32.8 Å². The van der Waals surface area contributed by atoms with Crippen LogP contribution in [-0.2, 0) is 74.4 Å². The van der Waals surface area contributed by atoms with Gasteiger partial charge in [-0.25, -0.2) is 29.8 Å². The van der Waals surface area contributed by atoms with Crippen molar-refractivity contribution in [1.29, 1.82) is 0 Å². The van der Waals surface area contributed by atoms with E-state index in [9.17, 15) is 48.8 Å². The summed E-state index contributed by atoms with van der Waals surface area (Å²) in [7, 11) is -12.3. The number of benzene rings is 2. The van der Waals surface area contributed by atoms with Crippen molar-refractivity contribution in [2.45, 2.75) is 75.5 Å². The smallest absolute Gasteiger partial charge is 0.303 e. The summed E-state index contributed by atoms with van der Waals surface area (Å²) in [5, 5.41) is 10.2. The standard InChI is InChI=1S/C48H70N2O18S3/c1-47(2,3)41-35-38(10-6-11-45-48(4,17-7-12-46(51)52)42-36-39(71(59,60)61)14-16-43(42)50(45)19-9-33-70(56,57)58)68-44-34-37(13-15-40(41)44)49(18-8-32-69(53,54)55)20-21-63-24-25-65-28-29-67-31-30-66-27-26-64-23-22-62-5/h6,10-11,13-16,34-36H,7-9,12,17-33H2,1-5H3,(H3-,51,52,53,54,55,56,57,58,59,60,61)/p-2. The number of anilines is 1. The van der Waals surface area contributed by atoms with Crippen LogP contribution >= 0.6 is 0 Å². The van der Waals surface area contributed by atoms with Gasteiger partial charge in [0.05, 0.1) is 97.3 Å². The highest BCUT2D eigenvalue weighted by Gasteiger charge is 2.43. The molecule has 0 bridgehead atoms. The van der Waals surface area contributed by atoms with Crippen molar-refractivity contribution in [3.8, 4) is 11.3 Å². The van der Waals surface area contributed by atoms with E-state index in [0.717, 1.165) is 17.2 Å². The quantitative estimate of drug-likeness (QED) is 0.0514. The number of carboxylic acid groups (broad SMARTS) is 1. The number of fused-ring (bicyclic) bond motifs is 2. The zero-order chi connectivity index (χ0) is 52.3. The average Bonchev–Trinajstić information content (AvgIpc) is 3.50. The Bertz CT molecular complexity index is 2640. The number of nitrogens with zero attached hydrogens (tertiary/aromatic N) is 2. The number of carboxylic acids is 1. The molecule has 71 heavy (non-hydrogen) atoms. The number of hydrogen-bond donors (Lipinski definition) is 1. The molecule has 20 nitrogen and oxygen atoms in total. The molecule has 0 aromatic heterocycles. The van der Waals surface area contributed by atoms with E-state index in [1.807, 2.05) is 49.6 Å². The molecule has 4 rings (SSSR count). The Morgan fingerprint density at radius 3 is 1.89 bits per heavy atom. The largest absolute Gasteiger partial charge is 0.748 e. The number of carbonyl (C=O) groups is 1. The Labute approximate surface area is 417 Å². The van der Waals surface area contributed by atoms with Gasteiger partial charge in [-0.15, -0.1) is 0 Å². The zero-order valence-electron chi connectivity index (χ0n) is 41.1. The molecule has 3 aliphatic rings. The molecule has 0 saturated carbocycles. The highest BCUT2D eigenvalue weighted by atomic mass is 32.2. The van der Waals surface area contributed by atoms with Crippen LogP contribution in [0.25, 0.3) is 17.4 Å². The van der Waals surface area contributed by atoms with Crippen molar-refractivity contribution in [2.75, 3.05) is 116 Å². The van der Waals surface area contributed by atoms with E-state index in [-0.39, 0.29) is 57.2 Å². The molecule has 1 aromatic carbocycles. The molecule has 2 aliphatic heterocycles. The molecule has 0 fully saturated rings. The normalized spacial score (nSPS) is 16.7. The van der Waals surface area contributed by atoms with Gasteiger partial charge >= 0.3 is 5.97 Å². The summed E-state index contributed by atoms with van der Waals surface area (Å²) in [5.41, 5.74) is 1.75. The Hall–Kier alpha value is -4.11. The van der Waals surface area contributed by atoms with Crippen molar-refractivity contribution in [2.24, 2.45) is 0 Å². The van der Waals surface area contributed by atoms with Crippen molar-refractivity contribution in [3.05, 3.63) is 82.6 Å². The third kappa shape index (κ3) is 20.0. The maximum atomic E-state index is 12.2. The lowest BCUT2D eigenvalue weighted by molar-refractivity contribution is -0.137. The lowest BCUT2D eigenvalue weighted by Crippen LogP contribution is -2.35. The number of methoxy groups -OCH3 is 1. The van der Waals surface area contributed by atoms with E-state index in [0.29, 0.717) is 106 Å². The van der Waals surface area contributed by atoms with E-state index in [2.05, 4.69) is 0 Å². The summed E-state index contributed by atoms with van der Waals surface area (Å²) < 4.78 is 147. The molecule has 1 N–H and O–H groups in total. The van der Waals surface area contributed by atoms with E-state index in [1.165, 1.54) is 12.1 Å². The summed E-state index contributed by atoms with van der Waals surface area (Å²) in [6.07, 6.45) is 5.31. The topological polar surface area (TPSA) is 284 Å². The molecule has 1 atom stereocenters. The van der Waals surface area contributed by atoms with Gasteiger partial charge in [0, 0.05) is 66.4 Å². The van der Waals surface area contributed by atoms with Crippen LogP contribution in [0.5, 0.6) is 0 Å². The lowest BCUT2D eigenvalue weighted by Gasteiger charge is -2.30. The molecular formula is C48H68N2O18S3-2. The summed E-state index contributed by atoms with van der Waals surface area (Å²) >= 11 is 0. The fourth-order valence-corrected chi connectivity index (χ4v) is 9.57. The molecule has 0 radical (unpaired) electrons. The maximum absolute atomic E-state index is 12.2. The van der Waals surface area contributed by atoms with Gasteiger partial charge in [0.15, 0.2) is 6.54 Å². The van der Waals surface area contributed by atoms with Crippen LogP contribution in [0.15, 0.2) is 69.6 Å². The molecule has 0 saturated heterocycles. The predicted octanol–water partition coefficient (Wildman–Crippen LogP) is 3.89.